The summed E-state index contributed by atoms with van der Waals surface area (Å²) in [5.74, 6) is 0.0334. The zero-order valence-electron chi connectivity index (χ0n) is 20.2. The van der Waals surface area contributed by atoms with Crippen LogP contribution in [-0.4, -0.2) is 45.7 Å². The molecule has 1 saturated heterocycles. The van der Waals surface area contributed by atoms with Gasteiger partial charge in [0.15, 0.2) is 0 Å². The normalized spacial score (nSPS) is 17.2. The molecule has 2 aromatic rings. The third kappa shape index (κ3) is 9.97. The fourth-order valence-corrected chi connectivity index (χ4v) is 4.90. The first-order chi connectivity index (χ1) is 15.8. The minimum atomic E-state index is -0.859. The summed E-state index contributed by atoms with van der Waals surface area (Å²) < 4.78 is 9.70. The Hall–Kier alpha value is -1.73. The summed E-state index contributed by atoms with van der Waals surface area (Å²) in [5, 5.41) is 10.3. The van der Waals surface area contributed by atoms with Crippen LogP contribution in [0.3, 0.4) is 0 Å². The van der Waals surface area contributed by atoms with Crippen LogP contribution in [0.2, 0.25) is 5.02 Å². The van der Waals surface area contributed by atoms with Crippen molar-refractivity contribution in [1.82, 2.24) is 8.87 Å². The molecule has 182 valence electrons. The maximum Gasteiger partial charge on any atom is 0.323 e. The molecule has 0 bridgehead atoms. The molecule has 1 aliphatic rings. The second-order valence-corrected chi connectivity index (χ2v) is 9.99. The molecule has 3 rings (SSSR count). The number of rotatable bonds is 10. The van der Waals surface area contributed by atoms with E-state index in [0.717, 1.165) is 23.2 Å². The lowest BCUT2D eigenvalue weighted by atomic mass is 10.1. The van der Waals surface area contributed by atoms with Crippen molar-refractivity contribution in [1.29, 1.82) is 0 Å². The van der Waals surface area contributed by atoms with E-state index < -0.39 is 5.97 Å². The van der Waals surface area contributed by atoms with E-state index >= 15 is 0 Å². The fraction of sp³-hybridized carbons (Fsp3) is 0.500. The molecule has 5 nitrogen and oxygen atoms in total. The van der Waals surface area contributed by atoms with Gasteiger partial charge in [0, 0.05) is 29.2 Å². The first-order valence-electron chi connectivity index (χ1n) is 11.7. The third-order valence-corrected chi connectivity index (χ3v) is 6.65. The zero-order valence-corrected chi connectivity index (χ0v) is 21.7. The number of benzene rings is 1. The quantitative estimate of drug-likeness (QED) is 0.285. The highest BCUT2D eigenvalue weighted by molar-refractivity contribution is 8.01. The molecule has 1 N–H and O–H groups in total. The molecule has 1 aromatic carbocycles. The Balaban J connectivity index is 0.000000243. The summed E-state index contributed by atoms with van der Waals surface area (Å²) in [5.41, 5.74) is 0.847. The van der Waals surface area contributed by atoms with Gasteiger partial charge in [-0.1, -0.05) is 50.1 Å². The van der Waals surface area contributed by atoms with Crippen LogP contribution in [0.4, 0.5) is 0 Å². The van der Waals surface area contributed by atoms with Gasteiger partial charge >= 0.3 is 5.97 Å². The molecule has 0 amide bonds. The van der Waals surface area contributed by atoms with Crippen molar-refractivity contribution in [3.8, 4) is 0 Å². The molecular weight excluding hydrogens is 456 g/mol. The van der Waals surface area contributed by atoms with Crippen LogP contribution in [0, 0.1) is 5.92 Å². The van der Waals surface area contributed by atoms with Gasteiger partial charge in [0.2, 0.25) is 0 Å². The van der Waals surface area contributed by atoms with Gasteiger partial charge in [0.05, 0.1) is 18.2 Å². The highest BCUT2D eigenvalue weighted by atomic mass is 35.5. The van der Waals surface area contributed by atoms with E-state index in [9.17, 15) is 4.79 Å². The third-order valence-electron chi connectivity index (χ3n) is 5.32. The van der Waals surface area contributed by atoms with Gasteiger partial charge in [-0.15, -0.1) is 0 Å². The summed E-state index contributed by atoms with van der Waals surface area (Å²) in [4.78, 5) is 11.9. The van der Waals surface area contributed by atoms with Crippen molar-refractivity contribution in [2.45, 2.75) is 59.6 Å². The lowest BCUT2D eigenvalue weighted by Crippen LogP contribution is -2.11. The van der Waals surface area contributed by atoms with E-state index in [1.165, 1.54) is 30.8 Å². The molecule has 2 heterocycles. The molecule has 0 spiro atoms. The predicted molar refractivity (Wildman–Crippen MR) is 141 cm³/mol. The van der Waals surface area contributed by atoms with Crippen LogP contribution in [0.25, 0.3) is 10.9 Å². The number of hydrogen-bond acceptors (Lipinski definition) is 4. The zero-order chi connectivity index (χ0) is 24.2. The molecule has 33 heavy (non-hydrogen) atoms. The molecule has 0 radical (unpaired) electrons. The molecular formula is C26H37ClN2O3S. The molecule has 0 saturated carbocycles. The Labute approximate surface area is 207 Å². The van der Waals surface area contributed by atoms with E-state index in [1.807, 2.05) is 24.1 Å². The van der Waals surface area contributed by atoms with Gasteiger partial charge in [-0.3, -0.25) is 4.79 Å². The number of halogens is 1. The molecule has 1 unspecified atom stereocenters. The maximum absolute atomic E-state index is 10.5. The van der Waals surface area contributed by atoms with Gasteiger partial charge in [-0.2, -0.15) is 0 Å². The van der Waals surface area contributed by atoms with Crippen LogP contribution in [0.1, 0.15) is 47.0 Å². The van der Waals surface area contributed by atoms with Gasteiger partial charge in [-0.05, 0) is 74.2 Å². The van der Waals surface area contributed by atoms with Crippen LogP contribution >= 0.6 is 23.5 Å². The molecule has 1 fully saturated rings. The van der Waals surface area contributed by atoms with Gasteiger partial charge < -0.3 is 14.4 Å². The van der Waals surface area contributed by atoms with Gasteiger partial charge in [0.25, 0.3) is 0 Å². The van der Waals surface area contributed by atoms with Crippen molar-refractivity contribution >= 4 is 40.4 Å². The number of carboxylic acids is 1. The topological polar surface area (TPSA) is 54.7 Å². The lowest BCUT2D eigenvalue weighted by Gasteiger charge is -2.15. The Kier molecular flexibility index (Phi) is 12.1. The van der Waals surface area contributed by atoms with E-state index in [1.54, 1.807) is 22.9 Å². The predicted octanol–water partition coefficient (Wildman–Crippen LogP) is 7.02. The SMILES string of the molecule is CC/C=C(\C=C/COC(C)C)SN1CCC(CC)C1.O=C(O)Cn1ccc2ccc(Cl)cc21. The molecule has 1 aromatic heterocycles. The molecule has 0 aliphatic carbocycles. The van der Waals surface area contributed by atoms with Crippen LogP contribution in [0.15, 0.2) is 53.6 Å². The molecule has 1 atom stereocenters. The minimum absolute atomic E-state index is 0.0379. The number of fused-ring (bicyclic) bond motifs is 1. The Morgan fingerprint density at radius 2 is 2.12 bits per heavy atom. The number of aliphatic carboxylic acids is 1. The average molecular weight is 493 g/mol. The number of carboxylic acid groups (broad SMARTS) is 1. The van der Waals surface area contributed by atoms with E-state index in [0.29, 0.717) is 17.7 Å². The summed E-state index contributed by atoms with van der Waals surface area (Å²) in [6.07, 6.45) is 12.4. The van der Waals surface area contributed by atoms with Crippen LogP contribution < -0.4 is 0 Å². The summed E-state index contributed by atoms with van der Waals surface area (Å²) in [6, 6.07) is 7.29. The number of allylic oxidation sites excluding steroid dienone is 2. The Bertz CT molecular complexity index is 939. The Morgan fingerprint density at radius 3 is 2.76 bits per heavy atom. The Morgan fingerprint density at radius 1 is 1.33 bits per heavy atom. The standard InChI is InChI=1S/C16H29NOS.C10H8ClNO2/c1-5-8-16(9-7-12-18-14(3)4)19-17-11-10-15(6-2)13-17;11-8-2-1-7-3-4-12(6-10(13)14)9(7)5-8/h7-9,14-15H,5-6,10-13H2,1-4H3;1-5H,6H2,(H,13,14)/b9-7-,16-8+;. The highest BCUT2D eigenvalue weighted by Gasteiger charge is 2.21. The summed E-state index contributed by atoms with van der Waals surface area (Å²) in [7, 11) is 0. The van der Waals surface area contributed by atoms with Crippen molar-refractivity contribution < 1.29 is 14.6 Å². The monoisotopic (exact) mass is 492 g/mol. The van der Waals surface area contributed by atoms with Crippen molar-refractivity contribution in [2.24, 2.45) is 5.92 Å². The number of nitrogens with zero attached hydrogens (tertiary/aromatic N) is 2. The fourth-order valence-electron chi connectivity index (χ4n) is 3.55. The highest BCUT2D eigenvalue weighted by Crippen LogP contribution is 2.30. The smallest absolute Gasteiger partial charge is 0.323 e. The second-order valence-electron chi connectivity index (χ2n) is 8.38. The minimum Gasteiger partial charge on any atom is -0.480 e. The second kappa shape index (κ2) is 14.5. The van der Waals surface area contributed by atoms with Gasteiger partial charge in [0.1, 0.15) is 6.54 Å². The maximum atomic E-state index is 10.5. The van der Waals surface area contributed by atoms with Crippen LogP contribution in [0.5, 0.6) is 0 Å². The first-order valence-corrected chi connectivity index (χ1v) is 12.8. The van der Waals surface area contributed by atoms with Crippen molar-refractivity contribution in [3.63, 3.8) is 0 Å². The first kappa shape index (κ1) is 27.5. The molecule has 7 heteroatoms. The van der Waals surface area contributed by atoms with Crippen molar-refractivity contribution in [2.75, 3.05) is 19.7 Å². The van der Waals surface area contributed by atoms with Gasteiger partial charge in [-0.25, -0.2) is 4.31 Å². The van der Waals surface area contributed by atoms with E-state index in [2.05, 4.69) is 50.2 Å². The van der Waals surface area contributed by atoms with Crippen LogP contribution in [-0.2, 0) is 16.1 Å². The van der Waals surface area contributed by atoms with E-state index in [4.69, 9.17) is 21.4 Å². The number of aromatic nitrogens is 1. The number of carbonyl (C=O) groups is 1. The van der Waals surface area contributed by atoms with E-state index in [-0.39, 0.29) is 6.54 Å². The molecule has 1 aliphatic heterocycles. The summed E-state index contributed by atoms with van der Waals surface area (Å²) >= 11 is 7.73. The number of hydrogen-bond donors (Lipinski definition) is 1. The average Bonchev–Trinajstić information content (AvgIpc) is 3.38. The number of ether oxygens (including phenoxy) is 1. The lowest BCUT2D eigenvalue weighted by molar-refractivity contribution is -0.137. The largest absolute Gasteiger partial charge is 0.480 e. The summed E-state index contributed by atoms with van der Waals surface area (Å²) in [6.45, 7) is 11.8. The van der Waals surface area contributed by atoms with Crippen molar-refractivity contribution in [3.05, 3.63) is 58.6 Å².